The van der Waals surface area contributed by atoms with Gasteiger partial charge in [0.2, 0.25) is 0 Å². The summed E-state index contributed by atoms with van der Waals surface area (Å²) >= 11 is 6.29. The van der Waals surface area contributed by atoms with Gasteiger partial charge in [0.15, 0.2) is 6.61 Å². The van der Waals surface area contributed by atoms with Crippen LogP contribution < -0.4 is 10.1 Å². The fraction of sp³-hybridized carbons (Fsp3) is 0.0500. The number of carbonyl (C=O) groups is 1. The van der Waals surface area contributed by atoms with E-state index in [1.165, 1.54) is 4.80 Å². The summed E-state index contributed by atoms with van der Waals surface area (Å²) in [7, 11) is 0. The van der Waals surface area contributed by atoms with E-state index in [1.807, 2.05) is 48.5 Å². The Kier molecular flexibility index (Phi) is 4.72. The lowest BCUT2D eigenvalue weighted by Gasteiger charge is -2.08. The largest absolute Gasteiger partial charge is 0.484 e. The van der Waals surface area contributed by atoms with Crippen LogP contribution in [0, 0.1) is 0 Å². The number of nitrogens with one attached hydrogen (secondary N) is 1. The molecule has 0 unspecified atom stereocenters. The van der Waals surface area contributed by atoms with Crippen molar-refractivity contribution < 1.29 is 9.53 Å². The monoisotopic (exact) mass is 378 g/mol. The molecule has 1 aromatic heterocycles. The minimum atomic E-state index is -0.310. The number of amides is 1. The lowest BCUT2D eigenvalue weighted by atomic mass is 10.2. The predicted octanol–water partition coefficient (Wildman–Crippen LogP) is 4.09. The van der Waals surface area contributed by atoms with Crippen molar-refractivity contribution in [1.29, 1.82) is 0 Å². The van der Waals surface area contributed by atoms with Crippen LogP contribution in [0.15, 0.2) is 72.8 Å². The molecule has 0 fully saturated rings. The van der Waals surface area contributed by atoms with Crippen molar-refractivity contribution in [2.75, 3.05) is 11.9 Å². The maximum absolute atomic E-state index is 12.2. The molecule has 0 aliphatic carbocycles. The first-order valence-corrected chi connectivity index (χ1v) is 8.66. The standard InChI is InChI=1S/C20H15ClN4O2/c21-16-11-18-19(24-25(23-18)14-7-3-1-4-8-14)12-17(16)22-20(26)13-27-15-9-5-2-6-10-15/h1-12H,13H2,(H,22,26). The number of nitrogens with zero attached hydrogens (tertiary/aromatic N) is 3. The van der Waals surface area contributed by atoms with Crippen molar-refractivity contribution in [3.8, 4) is 11.4 Å². The van der Waals surface area contributed by atoms with Gasteiger partial charge in [-0.1, -0.05) is 48.0 Å². The van der Waals surface area contributed by atoms with Crippen LogP contribution in [-0.2, 0) is 4.79 Å². The zero-order chi connectivity index (χ0) is 18.6. The second-order valence-electron chi connectivity index (χ2n) is 5.80. The molecule has 0 aliphatic heterocycles. The maximum atomic E-state index is 12.2. The number of hydrogen-bond donors (Lipinski definition) is 1. The molecule has 0 saturated carbocycles. The van der Waals surface area contributed by atoms with Gasteiger partial charge in [0.25, 0.3) is 5.91 Å². The number of carbonyl (C=O) groups excluding carboxylic acids is 1. The summed E-state index contributed by atoms with van der Waals surface area (Å²) in [4.78, 5) is 13.7. The van der Waals surface area contributed by atoms with Crippen LogP contribution in [0.25, 0.3) is 16.7 Å². The Morgan fingerprint density at radius 2 is 1.59 bits per heavy atom. The Balaban J connectivity index is 1.51. The molecule has 0 aliphatic rings. The lowest BCUT2D eigenvalue weighted by Crippen LogP contribution is -2.20. The third kappa shape index (κ3) is 3.91. The van der Waals surface area contributed by atoms with Crippen molar-refractivity contribution in [1.82, 2.24) is 15.0 Å². The average Bonchev–Trinajstić information content (AvgIpc) is 3.11. The van der Waals surface area contributed by atoms with Crippen molar-refractivity contribution >= 4 is 34.2 Å². The molecule has 7 heteroatoms. The van der Waals surface area contributed by atoms with Crippen molar-refractivity contribution in [3.05, 3.63) is 77.8 Å². The zero-order valence-electron chi connectivity index (χ0n) is 14.2. The highest BCUT2D eigenvalue weighted by atomic mass is 35.5. The highest BCUT2D eigenvalue weighted by Crippen LogP contribution is 2.27. The summed E-state index contributed by atoms with van der Waals surface area (Å²) in [6.07, 6.45) is 0. The summed E-state index contributed by atoms with van der Waals surface area (Å²) in [5.41, 5.74) is 2.57. The van der Waals surface area contributed by atoms with Crippen LogP contribution in [0.2, 0.25) is 5.02 Å². The summed E-state index contributed by atoms with van der Waals surface area (Å²) < 4.78 is 5.44. The van der Waals surface area contributed by atoms with Crippen molar-refractivity contribution in [2.45, 2.75) is 0 Å². The second kappa shape index (κ2) is 7.47. The molecule has 3 aromatic carbocycles. The van der Waals surface area contributed by atoms with Gasteiger partial charge in [0.05, 0.1) is 16.4 Å². The van der Waals surface area contributed by atoms with E-state index < -0.39 is 0 Å². The van der Waals surface area contributed by atoms with Gasteiger partial charge in [0, 0.05) is 0 Å². The summed E-state index contributed by atoms with van der Waals surface area (Å²) in [6, 6.07) is 22.1. The molecule has 0 atom stereocenters. The number of fused-ring (bicyclic) bond motifs is 1. The predicted molar refractivity (Wildman–Crippen MR) is 104 cm³/mol. The van der Waals surface area contributed by atoms with E-state index in [-0.39, 0.29) is 12.5 Å². The molecule has 27 heavy (non-hydrogen) atoms. The topological polar surface area (TPSA) is 69.0 Å². The highest BCUT2D eigenvalue weighted by Gasteiger charge is 2.12. The number of hydrogen-bond acceptors (Lipinski definition) is 4. The lowest BCUT2D eigenvalue weighted by molar-refractivity contribution is -0.118. The first-order chi connectivity index (χ1) is 13.2. The van der Waals surface area contributed by atoms with E-state index in [1.54, 1.807) is 24.3 Å². The van der Waals surface area contributed by atoms with Gasteiger partial charge in [-0.3, -0.25) is 4.79 Å². The smallest absolute Gasteiger partial charge is 0.262 e. The van der Waals surface area contributed by atoms with Gasteiger partial charge in [-0.15, -0.1) is 10.2 Å². The van der Waals surface area contributed by atoms with Crippen LogP contribution in [0.3, 0.4) is 0 Å². The number of anilines is 1. The second-order valence-corrected chi connectivity index (χ2v) is 6.20. The molecule has 0 saturated heterocycles. The summed E-state index contributed by atoms with van der Waals surface area (Å²) in [5, 5.41) is 12.0. The molecule has 0 bridgehead atoms. The fourth-order valence-corrected chi connectivity index (χ4v) is 2.77. The Labute approximate surface area is 160 Å². The number of para-hydroxylation sites is 2. The molecule has 1 amide bonds. The Hall–Kier alpha value is -3.38. The van der Waals surface area contributed by atoms with Crippen molar-refractivity contribution in [3.63, 3.8) is 0 Å². The Morgan fingerprint density at radius 1 is 0.963 bits per heavy atom. The van der Waals surface area contributed by atoms with E-state index in [0.717, 1.165) is 5.69 Å². The quantitative estimate of drug-likeness (QED) is 0.568. The maximum Gasteiger partial charge on any atom is 0.262 e. The van der Waals surface area contributed by atoms with Crippen molar-refractivity contribution in [2.24, 2.45) is 0 Å². The molecule has 0 spiro atoms. The van der Waals surface area contributed by atoms with E-state index in [4.69, 9.17) is 16.3 Å². The molecule has 134 valence electrons. The first kappa shape index (κ1) is 17.1. The molecule has 4 aromatic rings. The van der Waals surface area contributed by atoms with Gasteiger partial charge in [-0.2, -0.15) is 4.80 Å². The molecule has 6 nitrogen and oxygen atoms in total. The minimum absolute atomic E-state index is 0.116. The molecule has 1 N–H and O–H groups in total. The number of rotatable bonds is 5. The number of aromatic nitrogens is 3. The van der Waals surface area contributed by atoms with E-state index in [2.05, 4.69) is 15.5 Å². The van der Waals surface area contributed by atoms with Crippen LogP contribution in [0.1, 0.15) is 0 Å². The fourth-order valence-electron chi connectivity index (χ4n) is 2.56. The minimum Gasteiger partial charge on any atom is -0.484 e. The zero-order valence-corrected chi connectivity index (χ0v) is 14.9. The molecule has 1 heterocycles. The average molecular weight is 379 g/mol. The third-order valence-electron chi connectivity index (χ3n) is 3.84. The van der Waals surface area contributed by atoms with E-state index >= 15 is 0 Å². The molecule has 4 rings (SSSR count). The first-order valence-electron chi connectivity index (χ1n) is 8.29. The number of halogens is 1. The Morgan fingerprint density at radius 3 is 2.30 bits per heavy atom. The van der Waals surface area contributed by atoms with Crippen LogP contribution in [0.4, 0.5) is 5.69 Å². The van der Waals surface area contributed by atoms with E-state index in [9.17, 15) is 4.79 Å². The number of benzene rings is 3. The Bertz CT molecular complexity index is 1080. The van der Waals surface area contributed by atoms with Gasteiger partial charge in [0.1, 0.15) is 16.8 Å². The summed E-state index contributed by atoms with van der Waals surface area (Å²) in [5.74, 6) is 0.315. The summed E-state index contributed by atoms with van der Waals surface area (Å²) in [6.45, 7) is -0.116. The molecular weight excluding hydrogens is 364 g/mol. The number of ether oxygens (including phenoxy) is 1. The normalized spacial score (nSPS) is 10.7. The van der Waals surface area contributed by atoms with Gasteiger partial charge in [-0.05, 0) is 36.4 Å². The SMILES string of the molecule is O=C(COc1ccccc1)Nc1cc2nn(-c3ccccc3)nc2cc1Cl. The van der Waals surface area contributed by atoms with Crippen LogP contribution in [0.5, 0.6) is 5.75 Å². The van der Waals surface area contributed by atoms with Crippen LogP contribution >= 0.6 is 11.6 Å². The highest BCUT2D eigenvalue weighted by molar-refractivity contribution is 6.34. The van der Waals surface area contributed by atoms with E-state index in [0.29, 0.717) is 27.5 Å². The molecule has 0 radical (unpaired) electrons. The van der Waals surface area contributed by atoms with Crippen LogP contribution in [-0.4, -0.2) is 27.5 Å². The third-order valence-corrected chi connectivity index (χ3v) is 4.16. The van der Waals surface area contributed by atoms with Gasteiger partial charge < -0.3 is 10.1 Å². The van der Waals surface area contributed by atoms with Gasteiger partial charge >= 0.3 is 0 Å². The molecular formula is C20H15ClN4O2. The van der Waals surface area contributed by atoms with Gasteiger partial charge in [-0.25, -0.2) is 0 Å².